The van der Waals surface area contributed by atoms with Crippen LogP contribution in [0.15, 0.2) is 0 Å². The molecule has 19 heteroatoms. The van der Waals surface area contributed by atoms with Gasteiger partial charge in [-0.3, -0.25) is 0 Å². The van der Waals surface area contributed by atoms with E-state index in [4.69, 9.17) is 62.8 Å². The zero-order valence-corrected chi connectivity index (χ0v) is 22.8. The van der Waals surface area contributed by atoms with Crippen LogP contribution in [0.4, 0.5) is 0 Å². The molecule has 42 heavy (non-hydrogen) atoms. The average molecular weight is 615 g/mol. The van der Waals surface area contributed by atoms with Gasteiger partial charge in [-0.05, 0) is 6.42 Å². The molecule has 0 spiro atoms. The average Bonchev–Trinajstić information content (AvgIpc) is 3.27. The third kappa shape index (κ3) is 6.60. The molecular formula is C23H46N6O13. The Bertz CT molecular complexity index is 868. The Labute approximate surface area is 241 Å². The van der Waals surface area contributed by atoms with E-state index >= 15 is 0 Å². The van der Waals surface area contributed by atoms with Gasteiger partial charge in [0.1, 0.15) is 67.1 Å². The van der Waals surface area contributed by atoms with Gasteiger partial charge in [0.2, 0.25) is 0 Å². The van der Waals surface area contributed by atoms with Crippen molar-refractivity contribution in [3.63, 3.8) is 0 Å². The van der Waals surface area contributed by atoms with Crippen LogP contribution in [-0.2, 0) is 28.4 Å². The summed E-state index contributed by atoms with van der Waals surface area (Å²) in [5, 5.41) is 73.0. The highest BCUT2D eigenvalue weighted by Crippen LogP contribution is 2.34. The summed E-state index contributed by atoms with van der Waals surface area (Å²) in [4.78, 5) is 0. The molecule has 0 amide bonds. The van der Waals surface area contributed by atoms with Crippen LogP contribution in [0.2, 0.25) is 0 Å². The zero-order chi connectivity index (χ0) is 31.0. The molecule has 0 unspecified atom stereocenters. The molecule has 0 aromatic heterocycles. The fourth-order valence-corrected chi connectivity index (χ4v) is 5.74. The number of rotatable bonds is 9. The van der Waals surface area contributed by atoms with Gasteiger partial charge in [0.15, 0.2) is 18.9 Å². The fraction of sp³-hybridized carbons (Fsp3) is 1.00. The van der Waals surface area contributed by atoms with Crippen LogP contribution < -0.4 is 34.4 Å². The van der Waals surface area contributed by atoms with Crippen LogP contribution in [0, 0.1) is 0 Å². The molecule has 4 fully saturated rings. The van der Waals surface area contributed by atoms with Crippen molar-refractivity contribution in [2.45, 2.75) is 123 Å². The molecule has 19 nitrogen and oxygen atoms in total. The van der Waals surface area contributed by atoms with E-state index in [-0.39, 0.29) is 19.5 Å². The minimum Gasteiger partial charge on any atom is -0.394 e. The molecule has 0 bridgehead atoms. The number of aliphatic hydroxyl groups excluding tert-OH is 7. The molecular weight excluding hydrogens is 568 g/mol. The summed E-state index contributed by atoms with van der Waals surface area (Å²) < 4.78 is 34.6. The SMILES string of the molecule is NC[C@@H]1O[C@H](O[C@H]2[C@H](O[C@H]3O[C@@H](CO)[C@H](O[C@@H]4O[C@@H](CN)[C@H](O)[C@@H](O)[C@H]4N)[C@@H]3O)[C@@H](O)[C@H](N)C[C@H]2N)[C@@H](N)[C@H](O)[C@H]1O. The van der Waals surface area contributed by atoms with Crippen molar-refractivity contribution in [2.24, 2.45) is 34.4 Å². The summed E-state index contributed by atoms with van der Waals surface area (Å²) >= 11 is 0. The van der Waals surface area contributed by atoms with Crippen molar-refractivity contribution < 1.29 is 64.2 Å². The topological polar surface area (TPSA) is 353 Å². The maximum absolute atomic E-state index is 11.1. The molecule has 3 aliphatic heterocycles. The first-order valence-electron chi connectivity index (χ1n) is 13.9. The lowest BCUT2D eigenvalue weighted by molar-refractivity contribution is -0.306. The summed E-state index contributed by atoms with van der Waals surface area (Å²) in [6.45, 7) is -0.967. The highest BCUT2D eigenvalue weighted by Gasteiger charge is 2.54. The van der Waals surface area contributed by atoms with Crippen LogP contribution in [0.3, 0.4) is 0 Å². The fourth-order valence-electron chi connectivity index (χ4n) is 5.74. The van der Waals surface area contributed by atoms with Crippen molar-refractivity contribution in [1.82, 2.24) is 0 Å². The van der Waals surface area contributed by atoms with Crippen LogP contribution in [0.25, 0.3) is 0 Å². The maximum atomic E-state index is 11.1. The first-order valence-corrected chi connectivity index (χ1v) is 13.9. The van der Waals surface area contributed by atoms with E-state index < -0.39 is 123 Å². The molecule has 19 N–H and O–H groups in total. The summed E-state index contributed by atoms with van der Waals surface area (Å²) in [7, 11) is 0. The van der Waals surface area contributed by atoms with E-state index in [2.05, 4.69) is 0 Å². The van der Waals surface area contributed by atoms with Crippen molar-refractivity contribution >= 4 is 0 Å². The van der Waals surface area contributed by atoms with Gasteiger partial charge in [-0.25, -0.2) is 0 Å². The van der Waals surface area contributed by atoms with Gasteiger partial charge in [-0.2, -0.15) is 0 Å². The third-order valence-corrected chi connectivity index (χ3v) is 8.37. The highest BCUT2D eigenvalue weighted by molar-refractivity contribution is 5.02. The number of ether oxygens (including phenoxy) is 6. The van der Waals surface area contributed by atoms with E-state index in [1.54, 1.807) is 0 Å². The molecule has 19 atom stereocenters. The van der Waals surface area contributed by atoms with Gasteiger partial charge in [-0.1, -0.05) is 0 Å². The van der Waals surface area contributed by atoms with Crippen molar-refractivity contribution in [2.75, 3.05) is 19.7 Å². The molecule has 0 aromatic carbocycles. The number of hydrogen-bond acceptors (Lipinski definition) is 19. The van der Waals surface area contributed by atoms with E-state index in [0.717, 1.165) is 0 Å². The molecule has 3 saturated heterocycles. The van der Waals surface area contributed by atoms with Gasteiger partial charge in [0, 0.05) is 25.2 Å². The molecule has 4 rings (SSSR count). The molecule has 3 heterocycles. The van der Waals surface area contributed by atoms with E-state index in [9.17, 15) is 35.7 Å². The second kappa shape index (κ2) is 14.1. The van der Waals surface area contributed by atoms with Gasteiger partial charge >= 0.3 is 0 Å². The Morgan fingerprint density at radius 1 is 0.524 bits per heavy atom. The Hall–Kier alpha value is -0.760. The Balaban J connectivity index is 1.50. The quantitative estimate of drug-likeness (QED) is 0.115. The maximum Gasteiger partial charge on any atom is 0.187 e. The third-order valence-electron chi connectivity index (χ3n) is 8.37. The number of nitrogens with two attached hydrogens (primary N) is 6. The highest BCUT2D eigenvalue weighted by atomic mass is 16.8. The molecule has 0 aromatic rings. The second-order valence-corrected chi connectivity index (χ2v) is 11.2. The van der Waals surface area contributed by atoms with Crippen molar-refractivity contribution in [1.29, 1.82) is 0 Å². The van der Waals surface area contributed by atoms with Gasteiger partial charge in [0.25, 0.3) is 0 Å². The predicted octanol–water partition coefficient (Wildman–Crippen LogP) is -8.90. The number of hydrogen-bond donors (Lipinski definition) is 13. The smallest absolute Gasteiger partial charge is 0.187 e. The van der Waals surface area contributed by atoms with E-state index in [1.807, 2.05) is 0 Å². The lowest BCUT2D eigenvalue weighted by atomic mass is 9.84. The molecule has 1 aliphatic carbocycles. The Morgan fingerprint density at radius 3 is 1.45 bits per heavy atom. The first kappa shape index (κ1) is 34.1. The molecule has 246 valence electrons. The minimum atomic E-state index is -1.60. The molecule has 0 radical (unpaired) electrons. The summed E-state index contributed by atoms with van der Waals surface area (Å²) in [6, 6.07) is -4.18. The Kier molecular flexibility index (Phi) is 11.5. The summed E-state index contributed by atoms with van der Waals surface area (Å²) in [5.74, 6) is 0. The van der Waals surface area contributed by atoms with Crippen molar-refractivity contribution in [3.05, 3.63) is 0 Å². The van der Waals surface area contributed by atoms with Crippen LogP contribution in [0.1, 0.15) is 6.42 Å². The Morgan fingerprint density at radius 2 is 0.976 bits per heavy atom. The molecule has 4 aliphatic rings. The van der Waals surface area contributed by atoms with Crippen LogP contribution in [-0.4, -0.2) is 172 Å². The predicted molar refractivity (Wildman–Crippen MR) is 138 cm³/mol. The first-order chi connectivity index (χ1) is 19.8. The largest absolute Gasteiger partial charge is 0.394 e. The summed E-state index contributed by atoms with van der Waals surface area (Å²) in [5.41, 5.74) is 35.6. The number of aliphatic hydroxyl groups is 7. The minimum absolute atomic E-state index is 0.0889. The lowest BCUT2D eigenvalue weighted by Gasteiger charge is -2.47. The molecule has 1 saturated carbocycles. The van der Waals surface area contributed by atoms with E-state index in [0.29, 0.717) is 0 Å². The normalized spacial score (nSPS) is 53.8. The summed E-state index contributed by atoms with van der Waals surface area (Å²) in [6.07, 6.45) is -19.8. The van der Waals surface area contributed by atoms with Crippen LogP contribution in [0.5, 0.6) is 0 Å². The van der Waals surface area contributed by atoms with Crippen LogP contribution >= 0.6 is 0 Å². The second-order valence-electron chi connectivity index (χ2n) is 11.2. The standard InChI is InChI=1S/C23H46N6O13/c24-2-7-13(32)15(34)10(28)21(37-7)40-18-6(27)1-5(26)12(31)20(18)42-23-17(36)19(9(4-30)39-23)41-22-11(29)16(35)14(33)8(3-25)38-22/h5-23,30-36H,1-4,24-29H2/t5-,6-,7+,8+,9+,10+,11-,12+,13+,14+,15+,16+,17+,18-,19+,20-,21-,22+,23-/m1/s1. The van der Waals surface area contributed by atoms with Crippen molar-refractivity contribution in [3.8, 4) is 0 Å². The van der Waals surface area contributed by atoms with Gasteiger partial charge < -0.3 is 98.6 Å². The lowest BCUT2D eigenvalue weighted by Crippen LogP contribution is -2.68. The van der Waals surface area contributed by atoms with E-state index in [1.165, 1.54) is 0 Å². The zero-order valence-electron chi connectivity index (χ0n) is 22.8. The van der Waals surface area contributed by atoms with Gasteiger partial charge in [-0.15, -0.1) is 0 Å². The monoisotopic (exact) mass is 614 g/mol. The van der Waals surface area contributed by atoms with Gasteiger partial charge in [0.05, 0.1) is 24.8 Å².